The highest BCUT2D eigenvalue weighted by Crippen LogP contribution is 2.51. The molecule has 0 aliphatic carbocycles. The maximum Gasteiger partial charge on any atom is 0.231 e. The van der Waals surface area contributed by atoms with E-state index in [9.17, 15) is 5.11 Å². The zero-order valence-corrected chi connectivity index (χ0v) is 15.9. The van der Waals surface area contributed by atoms with Crippen LogP contribution >= 0.6 is 0 Å². The van der Waals surface area contributed by atoms with Gasteiger partial charge in [0.2, 0.25) is 19.3 Å². The minimum absolute atomic E-state index is 0.00590. The Morgan fingerprint density at radius 1 is 1.11 bits per heavy atom. The quantitative estimate of drug-likeness (QED) is 0.868. The van der Waals surface area contributed by atoms with Crippen molar-refractivity contribution < 1.29 is 28.8 Å². The second-order valence-corrected chi connectivity index (χ2v) is 7.33. The minimum atomic E-state index is -0.650. The molecule has 3 heterocycles. The van der Waals surface area contributed by atoms with E-state index in [1.807, 2.05) is 24.3 Å². The maximum atomic E-state index is 11.0. The van der Waals surface area contributed by atoms with Crippen molar-refractivity contribution in [3.63, 3.8) is 0 Å². The molecule has 2 aromatic carbocycles. The van der Waals surface area contributed by atoms with Gasteiger partial charge in [-0.3, -0.25) is 4.90 Å². The van der Waals surface area contributed by atoms with Gasteiger partial charge < -0.3 is 28.8 Å². The molecule has 148 valence electrons. The van der Waals surface area contributed by atoms with Gasteiger partial charge in [-0.15, -0.1) is 0 Å². The molecule has 0 radical (unpaired) electrons. The van der Waals surface area contributed by atoms with Crippen molar-refractivity contribution in [1.29, 1.82) is 0 Å². The van der Waals surface area contributed by atoms with E-state index in [-0.39, 0.29) is 19.6 Å². The predicted octanol–water partition coefficient (Wildman–Crippen LogP) is 2.81. The van der Waals surface area contributed by atoms with Crippen LogP contribution in [0.3, 0.4) is 0 Å². The van der Waals surface area contributed by atoms with Crippen molar-refractivity contribution in [2.45, 2.75) is 25.0 Å². The average molecular weight is 385 g/mol. The number of methoxy groups -OCH3 is 1. The summed E-state index contributed by atoms with van der Waals surface area (Å²) in [5.41, 5.74) is 3.06. The molecule has 28 heavy (non-hydrogen) atoms. The van der Waals surface area contributed by atoms with E-state index in [1.165, 1.54) is 5.56 Å². The molecule has 5 rings (SSSR count). The Balaban J connectivity index is 1.49. The van der Waals surface area contributed by atoms with Crippen LogP contribution in [0.2, 0.25) is 0 Å². The van der Waals surface area contributed by atoms with Gasteiger partial charge in [0.25, 0.3) is 0 Å². The molecule has 2 aromatic rings. The Morgan fingerprint density at radius 2 is 1.89 bits per heavy atom. The second-order valence-electron chi connectivity index (χ2n) is 7.33. The third-order valence-electron chi connectivity index (χ3n) is 5.77. The summed E-state index contributed by atoms with van der Waals surface area (Å²) in [6.45, 7) is 1.32. The fourth-order valence-electron chi connectivity index (χ4n) is 4.29. The van der Waals surface area contributed by atoms with Gasteiger partial charge in [0.1, 0.15) is 0 Å². The number of likely N-dealkylation sites (N-methyl/N-ethyl adjacent to an activating group) is 1. The zero-order chi connectivity index (χ0) is 19.3. The van der Waals surface area contributed by atoms with Crippen LogP contribution in [0.15, 0.2) is 24.3 Å². The van der Waals surface area contributed by atoms with Crippen LogP contribution < -0.4 is 23.7 Å². The highest BCUT2D eigenvalue weighted by molar-refractivity contribution is 5.61. The number of hydrogen-bond donors (Lipinski definition) is 1. The summed E-state index contributed by atoms with van der Waals surface area (Å²) in [6, 6.07) is 7.63. The summed E-state index contributed by atoms with van der Waals surface area (Å²) in [4.78, 5) is 2.25. The minimum Gasteiger partial charge on any atom is -0.492 e. The lowest BCUT2D eigenvalue weighted by molar-refractivity contribution is 0.107. The Labute approximate surface area is 163 Å². The standard InChI is InChI=1S/C21H23NO6/c1-22-6-5-13-8-18-20(28-11-27-18)21(24-2)19(13)14(22)9-15(23)12-3-4-16-17(7-12)26-10-25-16/h3-4,7-8,14-15,23H,5-6,9-11H2,1-2H3/t14-,15-/m1/s1. The first-order valence-electron chi connectivity index (χ1n) is 9.43. The second kappa shape index (κ2) is 6.76. The monoisotopic (exact) mass is 385 g/mol. The fourth-order valence-corrected chi connectivity index (χ4v) is 4.29. The van der Waals surface area contributed by atoms with E-state index in [0.717, 1.165) is 29.8 Å². The molecule has 0 aromatic heterocycles. The highest BCUT2D eigenvalue weighted by atomic mass is 16.7. The Morgan fingerprint density at radius 3 is 2.75 bits per heavy atom. The van der Waals surface area contributed by atoms with E-state index in [1.54, 1.807) is 7.11 Å². The van der Waals surface area contributed by atoms with Crippen LogP contribution in [0.5, 0.6) is 28.7 Å². The first-order valence-corrected chi connectivity index (χ1v) is 9.43. The van der Waals surface area contributed by atoms with Crippen LogP contribution in [0.25, 0.3) is 0 Å². The van der Waals surface area contributed by atoms with Gasteiger partial charge in [-0.1, -0.05) is 6.07 Å². The number of aliphatic hydroxyl groups excluding tert-OH is 1. The SMILES string of the molecule is COc1c2c(cc3c1[C@@H](C[C@@H](O)c1ccc4c(c1)OCO4)N(C)CC3)OCO2. The molecule has 0 unspecified atom stereocenters. The summed E-state index contributed by atoms with van der Waals surface area (Å²) >= 11 is 0. The molecule has 0 spiro atoms. The molecule has 0 saturated carbocycles. The first-order chi connectivity index (χ1) is 13.7. The normalized spacial score (nSPS) is 20.8. The van der Waals surface area contributed by atoms with E-state index >= 15 is 0 Å². The molecule has 3 aliphatic heterocycles. The zero-order valence-electron chi connectivity index (χ0n) is 15.9. The van der Waals surface area contributed by atoms with Crippen molar-refractivity contribution in [3.05, 3.63) is 41.0 Å². The lowest BCUT2D eigenvalue weighted by Gasteiger charge is -2.37. The van der Waals surface area contributed by atoms with Crippen LogP contribution in [0.1, 0.15) is 35.3 Å². The number of rotatable bonds is 4. The van der Waals surface area contributed by atoms with Crippen LogP contribution in [0, 0.1) is 0 Å². The van der Waals surface area contributed by atoms with E-state index in [4.69, 9.17) is 23.7 Å². The van der Waals surface area contributed by atoms with Gasteiger partial charge in [-0.2, -0.15) is 0 Å². The molecule has 1 N–H and O–H groups in total. The van der Waals surface area contributed by atoms with Crippen molar-refractivity contribution in [2.24, 2.45) is 0 Å². The molecule has 3 aliphatic rings. The summed E-state index contributed by atoms with van der Waals surface area (Å²) in [6.07, 6.45) is 0.775. The number of fused-ring (bicyclic) bond motifs is 3. The van der Waals surface area contributed by atoms with E-state index in [0.29, 0.717) is 29.4 Å². The Bertz CT molecular complexity index is 914. The number of hydrogen-bond acceptors (Lipinski definition) is 7. The fraction of sp³-hybridized carbons (Fsp3) is 0.429. The van der Waals surface area contributed by atoms with Gasteiger partial charge in [-0.05, 0) is 49.2 Å². The maximum absolute atomic E-state index is 11.0. The van der Waals surface area contributed by atoms with Gasteiger partial charge in [0.05, 0.1) is 13.2 Å². The lowest BCUT2D eigenvalue weighted by atomic mass is 9.87. The van der Waals surface area contributed by atoms with Crippen LogP contribution in [-0.4, -0.2) is 44.3 Å². The third kappa shape index (κ3) is 2.73. The average Bonchev–Trinajstić information content (AvgIpc) is 3.36. The van der Waals surface area contributed by atoms with Crippen molar-refractivity contribution in [1.82, 2.24) is 4.90 Å². The Kier molecular flexibility index (Phi) is 4.21. The number of benzene rings is 2. The number of ether oxygens (including phenoxy) is 5. The highest BCUT2D eigenvalue weighted by Gasteiger charge is 2.35. The molecular formula is C21H23NO6. The van der Waals surface area contributed by atoms with Gasteiger partial charge >= 0.3 is 0 Å². The van der Waals surface area contributed by atoms with Gasteiger partial charge in [0, 0.05) is 18.2 Å². The van der Waals surface area contributed by atoms with Crippen LogP contribution in [-0.2, 0) is 6.42 Å². The molecule has 2 atom stereocenters. The van der Waals surface area contributed by atoms with Gasteiger partial charge in [0.15, 0.2) is 23.0 Å². The summed E-state index contributed by atoms with van der Waals surface area (Å²) in [5.74, 6) is 3.48. The molecule has 0 bridgehead atoms. The first kappa shape index (κ1) is 17.5. The molecule has 7 nitrogen and oxygen atoms in total. The van der Waals surface area contributed by atoms with Gasteiger partial charge in [-0.25, -0.2) is 0 Å². The molecular weight excluding hydrogens is 362 g/mol. The summed E-state index contributed by atoms with van der Waals surface area (Å²) in [5, 5.41) is 11.0. The van der Waals surface area contributed by atoms with Crippen molar-refractivity contribution >= 4 is 0 Å². The third-order valence-corrected chi connectivity index (χ3v) is 5.77. The molecule has 0 fully saturated rings. The molecule has 0 amide bonds. The summed E-state index contributed by atoms with van der Waals surface area (Å²) in [7, 11) is 3.72. The lowest BCUT2D eigenvalue weighted by Crippen LogP contribution is -2.33. The van der Waals surface area contributed by atoms with Crippen molar-refractivity contribution in [3.8, 4) is 28.7 Å². The topological polar surface area (TPSA) is 69.6 Å². The molecule has 0 saturated heterocycles. The predicted molar refractivity (Wildman–Crippen MR) is 100 cm³/mol. The smallest absolute Gasteiger partial charge is 0.231 e. The van der Waals surface area contributed by atoms with E-state index < -0.39 is 6.10 Å². The summed E-state index contributed by atoms with van der Waals surface area (Å²) < 4.78 is 27.8. The van der Waals surface area contributed by atoms with E-state index in [2.05, 4.69) is 11.9 Å². The largest absolute Gasteiger partial charge is 0.492 e. The van der Waals surface area contributed by atoms with Crippen LogP contribution in [0.4, 0.5) is 0 Å². The van der Waals surface area contributed by atoms with Crippen molar-refractivity contribution in [2.75, 3.05) is 34.3 Å². The Hall–Kier alpha value is -2.64. The number of nitrogens with zero attached hydrogens (tertiary/aromatic N) is 1. The number of aliphatic hydroxyl groups is 1. The molecule has 7 heteroatoms.